The number of benzene rings is 2. The van der Waals surface area contributed by atoms with Crippen molar-refractivity contribution in [3.8, 4) is 11.5 Å². The van der Waals surface area contributed by atoms with E-state index in [0.717, 1.165) is 0 Å². The summed E-state index contributed by atoms with van der Waals surface area (Å²) in [6.07, 6.45) is 0. The fourth-order valence-electron chi connectivity index (χ4n) is 3.11. The van der Waals surface area contributed by atoms with Gasteiger partial charge in [-0.25, -0.2) is 0 Å². The number of carbonyl (C=O) groups excluding carboxylic acids is 3. The molecule has 6 heteroatoms. The first-order valence-electron chi connectivity index (χ1n) is 8.14. The number of hydrogen-bond donors (Lipinski definition) is 0. The predicted molar refractivity (Wildman–Crippen MR) is 95.0 cm³/mol. The van der Waals surface area contributed by atoms with Crippen LogP contribution in [0.5, 0.6) is 11.5 Å². The highest BCUT2D eigenvalue weighted by atomic mass is 16.5. The third kappa shape index (κ3) is 2.54. The van der Waals surface area contributed by atoms with Crippen LogP contribution in [0.25, 0.3) is 0 Å². The van der Waals surface area contributed by atoms with Crippen molar-refractivity contribution < 1.29 is 28.3 Å². The van der Waals surface area contributed by atoms with Gasteiger partial charge in [-0.15, -0.1) is 0 Å². The van der Waals surface area contributed by atoms with E-state index in [4.69, 9.17) is 13.9 Å². The first kappa shape index (κ1) is 16.8. The molecule has 0 atom stereocenters. The third-order valence-electron chi connectivity index (χ3n) is 4.47. The molecule has 0 amide bonds. The van der Waals surface area contributed by atoms with Crippen molar-refractivity contribution in [3.63, 3.8) is 0 Å². The van der Waals surface area contributed by atoms with Crippen LogP contribution in [0.3, 0.4) is 0 Å². The van der Waals surface area contributed by atoms with Crippen LogP contribution in [0.1, 0.15) is 48.2 Å². The van der Waals surface area contributed by atoms with Crippen LogP contribution in [-0.4, -0.2) is 31.6 Å². The second-order valence-corrected chi connectivity index (χ2v) is 5.96. The molecule has 2 aromatic carbocycles. The standard InChI is InChI=1S/C21H14O6/c1-25-15-8-7-11(9-16(15)26-2)18(22)17-10-14-19(23)12-5-3-4-6-13(12)20(24)21(14)27-17/h3-10H,1-2H3. The summed E-state index contributed by atoms with van der Waals surface area (Å²) in [5, 5.41) is 0. The summed E-state index contributed by atoms with van der Waals surface area (Å²) in [5.41, 5.74) is 0.967. The Bertz CT molecular complexity index is 1050. The van der Waals surface area contributed by atoms with Crippen molar-refractivity contribution >= 4 is 17.3 Å². The van der Waals surface area contributed by atoms with Crippen LogP contribution < -0.4 is 9.47 Å². The molecule has 0 radical (unpaired) electrons. The Labute approximate surface area is 154 Å². The highest BCUT2D eigenvalue weighted by Crippen LogP contribution is 2.32. The van der Waals surface area contributed by atoms with Gasteiger partial charge in [0.15, 0.2) is 28.8 Å². The largest absolute Gasteiger partial charge is 0.493 e. The number of hydrogen-bond acceptors (Lipinski definition) is 6. The molecule has 0 N–H and O–H groups in total. The molecule has 1 heterocycles. The van der Waals surface area contributed by atoms with Crippen molar-refractivity contribution in [3.05, 3.63) is 82.3 Å². The predicted octanol–water partition coefficient (Wildman–Crippen LogP) is 3.30. The number of ether oxygens (including phenoxy) is 2. The molecule has 27 heavy (non-hydrogen) atoms. The summed E-state index contributed by atoms with van der Waals surface area (Å²) in [7, 11) is 2.96. The average molecular weight is 362 g/mol. The zero-order chi connectivity index (χ0) is 19.1. The van der Waals surface area contributed by atoms with Crippen LogP contribution in [0, 0.1) is 0 Å². The van der Waals surface area contributed by atoms with Gasteiger partial charge in [0.25, 0.3) is 0 Å². The van der Waals surface area contributed by atoms with Gasteiger partial charge in [-0.05, 0) is 24.3 Å². The van der Waals surface area contributed by atoms with Gasteiger partial charge in [0.1, 0.15) is 0 Å². The molecule has 0 aliphatic heterocycles. The molecule has 0 spiro atoms. The molecule has 0 bridgehead atoms. The summed E-state index contributed by atoms with van der Waals surface area (Å²) in [5.74, 6) is -0.533. The summed E-state index contributed by atoms with van der Waals surface area (Å²) >= 11 is 0. The van der Waals surface area contributed by atoms with Gasteiger partial charge in [-0.1, -0.05) is 24.3 Å². The topological polar surface area (TPSA) is 82.8 Å². The fourth-order valence-corrected chi connectivity index (χ4v) is 3.11. The van der Waals surface area contributed by atoms with Crippen molar-refractivity contribution in [2.75, 3.05) is 14.2 Å². The minimum Gasteiger partial charge on any atom is -0.493 e. The third-order valence-corrected chi connectivity index (χ3v) is 4.47. The van der Waals surface area contributed by atoms with Gasteiger partial charge in [-0.2, -0.15) is 0 Å². The van der Waals surface area contributed by atoms with Crippen LogP contribution in [0.15, 0.2) is 52.9 Å². The Morgan fingerprint density at radius 3 is 2.15 bits per heavy atom. The summed E-state index contributed by atoms with van der Waals surface area (Å²) in [4.78, 5) is 38.1. The maximum absolute atomic E-state index is 12.8. The Hall–Kier alpha value is -3.67. The molecular weight excluding hydrogens is 348 g/mol. The number of methoxy groups -OCH3 is 2. The Morgan fingerprint density at radius 1 is 0.815 bits per heavy atom. The van der Waals surface area contributed by atoms with Gasteiger partial charge in [0, 0.05) is 16.7 Å². The highest BCUT2D eigenvalue weighted by Gasteiger charge is 2.34. The van der Waals surface area contributed by atoms with Gasteiger partial charge in [-0.3, -0.25) is 14.4 Å². The lowest BCUT2D eigenvalue weighted by atomic mass is 9.88. The maximum atomic E-state index is 12.8. The van der Waals surface area contributed by atoms with Crippen LogP contribution in [0.2, 0.25) is 0 Å². The van der Waals surface area contributed by atoms with E-state index < -0.39 is 11.6 Å². The van der Waals surface area contributed by atoms with Crippen molar-refractivity contribution in [1.29, 1.82) is 0 Å². The van der Waals surface area contributed by atoms with E-state index >= 15 is 0 Å². The molecule has 134 valence electrons. The quantitative estimate of drug-likeness (QED) is 0.518. The minimum atomic E-state index is -0.463. The normalized spacial score (nSPS) is 12.4. The van der Waals surface area contributed by atoms with Crippen LogP contribution in [0.4, 0.5) is 0 Å². The molecule has 0 fully saturated rings. The van der Waals surface area contributed by atoms with E-state index in [1.54, 1.807) is 36.4 Å². The second kappa shape index (κ2) is 6.25. The van der Waals surface area contributed by atoms with E-state index in [1.807, 2.05) is 0 Å². The zero-order valence-corrected chi connectivity index (χ0v) is 14.6. The van der Waals surface area contributed by atoms with E-state index in [0.29, 0.717) is 17.1 Å². The number of rotatable bonds is 4. The van der Waals surface area contributed by atoms with Crippen LogP contribution >= 0.6 is 0 Å². The zero-order valence-electron chi connectivity index (χ0n) is 14.6. The molecule has 6 nitrogen and oxygen atoms in total. The molecule has 0 saturated carbocycles. The lowest BCUT2D eigenvalue weighted by Crippen LogP contribution is -2.18. The molecule has 4 rings (SSSR count). The van der Waals surface area contributed by atoms with Gasteiger partial charge < -0.3 is 13.9 Å². The summed E-state index contributed by atoms with van der Waals surface area (Å²) in [6.45, 7) is 0. The first-order valence-corrected chi connectivity index (χ1v) is 8.14. The van der Waals surface area contributed by atoms with E-state index in [9.17, 15) is 14.4 Å². The SMILES string of the molecule is COc1ccc(C(=O)c2cc3c(o2)C(=O)c2ccccc2C3=O)cc1OC. The summed E-state index contributed by atoms with van der Waals surface area (Å²) in [6, 6.07) is 12.5. The average Bonchev–Trinajstić information content (AvgIpc) is 3.17. The maximum Gasteiger partial charge on any atom is 0.229 e. The highest BCUT2D eigenvalue weighted by molar-refractivity contribution is 6.28. The van der Waals surface area contributed by atoms with E-state index in [2.05, 4.69) is 0 Å². The molecule has 0 unspecified atom stereocenters. The number of ketones is 3. The molecule has 1 aliphatic rings. The fraction of sp³-hybridized carbons (Fsp3) is 0.0952. The van der Waals surface area contributed by atoms with Crippen molar-refractivity contribution in [1.82, 2.24) is 0 Å². The molecule has 1 aliphatic carbocycles. The van der Waals surface area contributed by atoms with Crippen molar-refractivity contribution in [2.45, 2.75) is 0 Å². The molecule has 3 aromatic rings. The Balaban J connectivity index is 1.76. The molecule has 0 saturated heterocycles. The molecule has 1 aromatic heterocycles. The smallest absolute Gasteiger partial charge is 0.229 e. The monoisotopic (exact) mass is 362 g/mol. The summed E-state index contributed by atoms with van der Waals surface area (Å²) < 4.78 is 15.9. The number of carbonyl (C=O) groups is 3. The lowest BCUT2D eigenvalue weighted by molar-refractivity contribution is 0.0951. The lowest BCUT2D eigenvalue weighted by Gasteiger charge is -2.11. The Kier molecular flexibility index (Phi) is 3.88. The number of fused-ring (bicyclic) bond motifs is 2. The second-order valence-electron chi connectivity index (χ2n) is 5.96. The first-order chi connectivity index (χ1) is 13.0. The van der Waals surface area contributed by atoms with Gasteiger partial charge in [0.05, 0.1) is 19.8 Å². The van der Waals surface area contributed by atoms with E-state index in [1.165, 1.54) is 26.4 Å². The van der Waals surface area contributed by atoms with Crippen molar-refractivity contribution in [2.24, 2.45) is 0 Å². The van der Waals surface area contributed by atoms with E-state index in [-0.39, 0.29) is 34.0 Å². The van der Waals surface area contributed by atoms with Gasteiger partial charge >= 0.3 is 0 Å². The van der Waals surface area contributed by atoms with Gasteiger partial charge in [0.2, 0.25) is 11.6 Å². The Morgan fingerprint density at radius 2 is 1.48 bits per heavy atom. The molecular formula is C21H14O6. The minimum absolute atomic E-state index is 0.0817. The van der Waals surface area contributed by atoms with Crippen LogP contribution in [-0.2, 0) is 0 Å². The number of furan rings is 1.